The molecule has 4 nitrogen and oxygen atoms in total. The largest absolute Gasteiger partial charge is 0.350 e. The fourth-order valence-corrected chi connectivity index (χ4v) is 2.93. The highest BCUT2D eigenvalue weighted by Crippen LogP contribution is 2.29. The van der Waals surface area contributed by atoms with E-state index in [-0.39, 0.29) is 11.8 Å². The zero-order chi connectivity index (χ0) is 16.4. The first-order chi connectivity index (χ1) is 11.1. The summed E-state index contributed by atoms with van der Waals surface area (Å²) in [6.07, 6.45) is 0.341. The van der Waals surface area contributed by atoms with Gasteiger partial charge >= 0.3 is 0 Å². The number of fused-ring (bicyclic) bond motifs is 1. The molecular weight excluding hydrogens is 312 g/mol. The molecule has 2 amide bonds. The summed E-state index contributed by atoms with van der Waals surface area (Å²) in [6.45, 7) is 0.400. The summed E-state index contributed by atoms with van der Waals surface area (Å²) in [7, 11) is 1.67. The number of hydrogen-bond donors (Lipinski definition) is 1. The van der Waals surface area contributed by atoms with Gasteiger partial charge in [0.2, 0.25) is 11.8 Å². The SMILES string of the molecule is CN1C(=O)Cc2ccccc2C1C(=O)NCc1ccc(Cl)cc1. The molecule has 2 aromatic rings. The predicted octanol–water partition coefficient (Wildman–Crippen LogP) is 2.71. The van der Waals surface area contributed by atoms with E-state index in [0.29, 0.717) is 18.0 Å². The summed E-state index contributed by atoms with van der Waals surface area (Å²) in [4.78, 5) is 26.3. The van der Waals surface area contributed by atoms with Crippen LogP contribution in [0, 0.1) is 0 Å². The maximum Gasteiger partial charge on any atom is 0.247 e. The summed E-state index contributed by atoms with van der Waals surface area (Å²) in [5, 5.41) is 3.56. The van der Waals surface area contributed by atoms with E-state index in [1.807, 2.05) is 36.4 Å². The van der Waals surface area contributed by atoms with Crippen molar-refractivity contribution < 1.29 is 9.59 Å². The van der Waals surface area contributed by atoms with Crippen molar-refractivity contribution in [2.75, 3.05) is 7.05 Å². The average molecular weight is 329 g/mol. The van der Waals surface area contributed by atoms with Gasteiger partial charge in [-0.2, -0.15) is 0 Å². The van der Waals surface area contributed by atoms with E-state index in [1.165, 1.54) is 4.90 Å². The van der Waals surface area contributed by atoms with Crippen molar-refractivity contribution in [3.05, 3.63) is 70.2 Å². The summed E-state index contributed by atoms with van der Waals surface area (Å²) < 4.78 is 0. The molecule has 1 atom stereocenters. The first kappa shape index (κ1) is 15.6. The minimum Gasteiger partial charge on any atom is -0.350 e. The molecule has 0 spiro atoms. The molecule has 0 aliphatic carbocycles. The number of benzene rings is 2. The minimum absolute atomic E-state index is 0.0460. The van der Waals surface area contributed by atoms with E-state index in [9.17, 15) is 9.59 Å². The van der Waals surface area contributed by atoms with Crippen molar-refractivity contribution in [2.24, 2.45) is 0 Å². The van der Waals surface area contributed by atoms with E-state index in [2.05, 4.69) is 5.32 Å². The molecule has 5 heteroatoms. The van der Waals surface area contributed by atoms with Gasteiger partial charge in [-0.05, 0) is 28.8 Å². The quantitative estimate of drug-likeness (QED) is 0.941. The lowest BCUT2D eigenvalue weighted by atomic mass is 9.92. The third-order valence-electron chi connectivity index (χ3n) is 4.10. The number of nitrogens with one attached hydrogen (secondary N) is 1. The van der Waals surface area contributed by atoms with Crippen molar-refractivity contribution in [2.45, 2.75) is 19.0 Å². The van der Waals surface area contributed by atoms with Gasteiger partial charge in [-0.15, -0.1) is 0 Å². The van der Waals surface area contributed by atoms with Crippen LogP contribution in [0.3, 0.4) is 0 Å². The van der Waals surface area contributed by atoms with Gasteiger partial charge in [0, 0.05) is 18.6 Å². The standard InChI is InChI=1S/C18H17ClN2O2/c1-21-16(22)10-13-4-2-3-5-15(13)17(21)18(23)20-11-12-6-8-14(19)9-7-12/h2-9,17H,10-11H2,1H3,(H,20,23). The Balaban J connectivity index is 1.78. The van der Waals surface area contributed by atoms with Crippen LogP contribution < -0.4 is 5.32 Å². The zero-order valence-corrected chi connectivity index (χ0v) is 13.5. The van der Waals surface area contributed by atoms with E-state index in [4.69, 9.17) is 11.6 Å². The van der Waals surface area contributed by atoms with Crippen LogP contribution in [0.15, 0.2) is 48.5 Å². The Morgan fingerprint density at radius 2 is 1.91 bits per heavy atom. The number of carbonyl (C=O) groups excluding carboxylic acids is 2. The lowest BCUT2D eigenvalue weighted by molar-refractivity contribution is -0.140. The Hall–Kier alpha value is -2.33. The molecule has 1 aliphatic rings. The molecule has 118 valence electrons. The van der Waals surface area contributed by atoms with Gasteiger partial charge in [0.15, 0.2) is 0 Å². The lowest BCUT2D eigenvalue weighted by Crippen LogP contribution is -2.45. The third-order valence-corrected chi connectivity index (χ3v) is 4.35. The highest BCUT2D eigenvalue weighted by molar-refractivity contribution is 6.30. The second-order valence-electron chi connectivity index (χ2n) is 5.63. The second kappa shape index (κ2) is 6.42. The first-order valence-electron chi connectivity index (χ1n) is 7.42. The molecule has 0 aromatic heterocycles. The van der Waals surface area contributed by atoms with Crippen LogP contribution in [-0.4, -0.2) is 23.8 Å². The van der Waals surface area contributed by atoms with Gasteiger partial charge in [-0.3, -0.25) is 9.59 Å². The molecule has 0 saturated heterocycles. The summed E-state index contributed by atoms with van der Waals surface area (Å²) in [6, 6.07) is 14.3. The van der Waals surface area contributed by atoms with Crippen molar-refractivity contribution in [3.8, 4) is 0 Å². The fraction of sp³-hybridized carbons (Fsp3) is 0.222. The summed E-state index contributed by atoms with van der Waals surface area (Å²) in [5.41, 5.74) is 2.77. The van der Waals surface area contributed by atoms with Crippen molar-refractivity contribution >= 4 is 23.4 Å². The van der Waals surface area contributed by atoms with Crippen LogP contribution in [0.5, 0.6) is 0 Å². The van der Waals surface area contributed by atoms with E-state index in [0.717, 1.165) is 16.7 Å². The van der Waals surface area contributed by atoms with E-state index >= 15 is 0 Å². The Bertz CT molecular complexity index is 743. The molecule has 23 heavy (non-hydrogen) atoms. The molecule has 1 N–H and O–H groups in total. The van der Waals surface area contributed by atoms with Gasteiger partial charge in [0.25, 0.3) is 0 Å². The highest BCUT2D eigenvalue weighted by Gasteiger charge is 2.34. The molecule has 0 fully saturated rings. The molecule has 1 aliphatic heterocycles. The van der Waals surface area contributed by atoms with Gasteiger partial charge < -0.3 is 10.2 Å². The maximum absolute atomic E-state index is 12.6. The normalized spacial score (nSPS) is 16.9. The lowest BCUT2D eigenvalue weighted by Gasteiger charge is -2.33. The van der Waals surface area contributed by atoms with Gasteiger partial charge in [0.05, 0.1) is 6.42 Å². The van der Waals surface area contributed by atoms with Gasteiger partial charge in [-0.25, -0.2) is 0 Å². The average Bonchev–Trinajstić information content (AvgIpc) is 2.55. The van der Waals surface area contributed by atoms with Crippen LogP contribution >= 0.6 is 11.6 Å². The number of halogens is 1. The maximum atomic E-state index is 12.6. The van der Waals surface area contributed by atoms with Crippen LogP contribution in [0.2, 0.25) is 5.02 Å². The molecule has 1 heterocycles. The molecule has 2 aromatic carbocycles. The smallest absolute Gasteiger partial charge is 0.247 e. The molecule has 3 rings (SSSR count). The van der Waals surface area contributed by atoms with Crippen molar-refractivity contribution in [3.63, 3.8) is 0 Å². The summed E-state index contributed by atoms with van der Waals surface area (Å²) in [5.74, 6) is -0.224. The predicted molar refractivity (Wildman–Crippen MR) is 89.0 cm³/mol. The fourth-order valence-electron chi connectivity index (χ4n) is 2.81. The van der Waals surface area contributed by atoms with E-state index < -0.39 is 6.04 Å². The topological polar surface area (TPSA) is 49.4 Å². The zero-order valence-electron chi connectivity index (χ0n) is 12.8. The number of carbonyl (C=O) groups is 2. The number of hydrogen-bond acceptors (Lipinski definition) is 2. The second-order valence-corrected chi connectivity index (χ2v) is 6.06. The molecule has 0 saturated carbocycles. The number of rotatable bonds is 3. The highest BCUT2D eigenvalue weighted by atomic mass is 35.5. The Kier molecular flexibility index (Phi) is 4.35. The van der Waals surface area contributed by atoms with Crippen LogP contribution in [0.25, 0.3) is 0 Å². The Labute approximate surface area is 140 Å². The van der Waals surface area contributed by atoms with Gasteiger partial charge in [-0.1, -0.05) is 48.0 Å². The summed E-state index contributed by atoms with van der Waals surface area (Å²) >= 11 is 5.86. The van der Waals surface area contributed by atoms with Crippen LogP contribution in [0.4, 0.5) is 0 Å². The molecule has 0 bridgehead atoms. The van der Waals surface area contributed by atoms with Crippen molar-refractivity contribution in [1.82, 2.24) is 10.2 Å². The monoisotopic (exact) mass is 328 g/mol. The van der Waals surface area contributed by atoms with Crippen molar-refractivity contribution in [1.29, 1.82) is 0 Å². The molecule has 1 unspecified atom stereocenters. The Morgan fingerprint density at radius 1 is 1.22 bits per heavy atom. The molecule has 0 radical (unpaired) electrons. The van der Waals surface area contributed by atoms with E-state index in [1.54, 1.807) is 19.2 Å². The number of likely N-dealkylation sites (N-methyl/N-ethyl adjacent to an activating group) is 1. The van der Waals surface area contributed by atoms with Crippen LogP contribution in [0.1, 0.15) is 22.7 Å². The third kappa shape index (κ3) is 3.22. The number of nitrogens with zero attached hydrogens (tertiary/aromatic N) is 1. The molecular formula is C18H17ClN2O2. The first-order valence-corrected chi connectivity index (χ1v) is 7.79. The Morgan fingerprint density at radius 3 is 2.65 bits per heavy atom. The van der Waals surface area contributed by atoms with Gasteiger partial charge in [0.1, 0.15) is 6.04 Å². The number of amides is 2. The van der Waals surface area contributed by atoms with Crippen LogP contribution in [-0.2, 0) is 22.6 Å². The minimum atomic E-state index is -0.584.